The number of hydrogen-bond donors (Lipinski definition) is 1. The molecule has 0 radical (unpaired) electrons. The van der Waals surface area contributed by atoms with Crippen LogP contribution in [0.3, 0.4) is 0 Å². The summed E-state index contributed by atoms with van der Waals surface area (Å²) < 4.78 is 18.2. The summed E-state index contributed by atoms with van der Waals surface area (Å²) in [4.78, 5) is 11.1. The van der Waals surface area contributed by atoms with Crippen molar-refractivity contribution in [1.29, 1.82) is 0 Å². The first kappa shape index (κ1) is 12.6. The van der Waals surface area contributed by atoms with Crippen molar-refractivity contribution in [3.05, 3.63) is 35.6 Å². The zero-order valence-electron chi connectivity index (χ0n) is 9.50. The Morgan fingerprint density at radius 1 is 1.56 bits per heavy atom. The predicted octanol–water partition coefficient (Wildman–Crippen LogP) is 2.04. The molecule has 1 atom stereocenters. The molecule has 3 nitrogen and oxygen atoms in total. The molecule has 0 aliphatic heterocycles. The van der Waals surface area contributed by atoms with Crippen LogP contribution in [0.5, 0.6) is 0 Å². The number of halogens is 1. The van der Waals surface area contributed by atoms with Gasteiger partial charge in [0.25, 0.3) is 0 Å². The molecule has 0 saturated carbocycles. The molecule has 4 heteroatoms. The van der Waals surface area contributed by atoms with Gasteiger partial charge >= 0.3 is 0 Å². The van der Waals surface area contributed by atoms with E-state index in [0.29, 0.717) is 13.0 Å². The molecule has 0 heterocycles. The summed E-state index contributed by atoms with van der Waals surface area (Å²) in [7, 11) is 1.54. The van der Waals surface area contributed by atoms with Crippen molar-refractivity contribution < 1.29 is 13.9 Å². The molecule has 1 amide bonds. The van der Waals surface area contributed by atoms with Crippen molar-refractivity contribution in [3.63, 3.8) is 0 Å². The molecule has 0 saturated heterocycles. The molecule has 1 aromatic carbocycles. The first-order valence-electron chi connectivity index (χ1n) is 5.22. The van der Waals surface area contributed by atoms with E-state index < -0.39 is 0 Å². The molecule has 0 aliphatic carbocycles. The largest absolute Gasteiger partial charge is 0.375 e. The van der Waals surface area contributed by atoms with Crippen molar-refractivity contribution in [2.75, 3.05) is 13.7 Å². The summed E-state index contributed by atoms with van der Waals surface area (Å²) in [6.07, 6.45) is 0.116. The van der Waals surface area contributed by atoms with E-state index in [1.807, 2.05) is 0 Å². The van der Waals surface area contributed by atoms with Crippen LogP contribution in [0, 0.1) is 5.82 Å². The Labute approximate surface area is 94.6 Å². The molecular formula is C12H16FNO2. The Hall–Kier alpha value is -1.42. The molecule has 16 heavy (non-hydrogen) atoms. The first-order chi connectivity index (χ1) is 7.67. The maximum absolute atomic E-state index is 13.0. The smallest absolute Gasteiger partial charge is 0.219 e. The van der Waals surface area contributed by atoms with Gasteiger partial charge in [0, 0.05) is 20.1 Å². The zero-order chi connectivity index (χ0) is 12.0. The Bertz CT molecular complexity index is 355. The van der Waals surface area contributed by atoms with Gasteiger partial charge in [-0.3, -0.25) is 4.79 Å². The summed E-state index contributed by atoms with van der Waals surface area (Å²) in [5.74, 6) is -0.347. The molecule has 1 rings (SSSR count). The van der Waals surface area contributed by atoms with Gasteiger partial charge in [0.15, 0.2) is 0 Å². The van der Waals surface area contributed by atoms with Crippen LogP contribution in [0.15, 0.2) is 24.3 Å². The van der Waals surface area contributed by atoms with Gasteiger partial charge in [-0.2, -0.15) is 0 Å². The van der Waals surface area contributed by atoms with Crippen LogP contribution in [0.25, 0.3) is 0 Å². The number of hydrogen-bond acceptors (Lipinski definition) is 2. The van der Waals surface area contributed by atoms with Crippen LogP contribution >= 0.6 is 0 Å². The van der Waals surface area contributed by atoms with E-state index >= 15 is 0 Å². The predicted molar refractivity (Wildman–Crippen MR) is 59.5 cm³/mol. The van der Waals surface area contributed by atoms with Crippen LogP contribution in [0.2, 0.25) is 0 Å². The van der Waals surface area contributed by atoms with Crippen molar-refractivity contribution in [1.82, 2.24) is 5.32 Å². The Morgan fingerprint density at radius 2 is 2.31 bits per heavy atom. The minimum atomic E-state index is -0.314. The summed E-state index contributed by atoms with van der Waals surface area (Å²) in [6.45, 7) is 2.13. The van der Waals surface area contributed by atoms with E-state index in [9.17, 15) is 9.18 Å². The topological polar surface area (TPSA) is 38.3 Å². The summed E-state index contributed by atoms with van der Waals surface area (Å²) >= 11 is 0. The maximum atomic E-state index is 13.0. The van der Waals surface area contributed by atoms with Crippen LogP contribution in [0.4, 0.5) is 4.39 Å². The minimum Gasteiger partial charge on any atom is -0.375 e. The van der Waals surface area contributed by atoms with Gasteiger partial charge in [-0.25, -0.2) is 4.39 Å². The molecule has 0 unspecified atom stereocenters. The number of methoxy groups -OCH3 is 1. The standard InChI is InChI=1S/C12H16FNO2/c1-3-12(15)14-8-11(16-2)9-5-4-6-10(13)7-9/h4-7,11H,3,8H2,1-2H3,(H,14,15)/t11-/m1/s1. The average Bonchev–Trinajstić information content (AvgIpc) is 2.29. The third-order valence-corrected chi connectivity index (χ3v) is 2.31. The molecule has 1 N–H and O–H groups in total. The van der Waals surface area contributed by atoms with Crippen molar-refractivity contribution in [2.45, 2.75) is 19.4 Å². The van der Waals surface area contributed by atoms with Gasteiger partial charge in [-0.15, -0.1) is 0 Å². The van der Waals surface area contributed by atoms with Gasteiger partial charge < -0.3 is 10.1 Å². The fraction of sp³-hybridized carbons (Fsp3) is 0.417. The third-order valence-electron chi connectivity index (χ3n) is 2.31. The third kappa shape index (κ3) is 3.62. The van der Waals surface area contributed by atoms with Gasteiger partial charge in [-0.1, -0.05) is 19.1 Å². The van der Waals surface area contributed by atoms with Gasteiger partial charge in [0.05, 0.1) is 6.10 Å². The Kier molecular flexibility index (Phi) is 4.92. The molecule has 0 fully saturated rings. The van der Waals surface area contributed by atoms with E-state index in [0.717, 1.165) is 5.56 Å². The van der Waals surface area contributed by atoms with E-state index in [2.05, 4.69) is 5.32 Å². The first-order valence-corrected chi connectivity index (χ1v) is 5.22. The normalized spacial score (nSPS) is 12.2. The second-order valence-electron chi connectivity index (χ2n) is 3.44. The maximum Gasteiger partial charge on any atom is 0.219 e. The van der Waals surface area contributed by atoms with E-state index in [-0.39, 0.29) is 17.8 Å². The summed E-state index contributed by atoms with van der Waals surface area (Å²) in [5.41, 5.74) is 0.721. The molecule has 1 aromatic rings. The van der Waals surface area contributed by atoms with Gasteiger partial charge in [0.1, 0.15) is 5.82 Å². The number of nitrogens with one attached hydrogen (secondary N) is 1. The second kappa shape index (κ2) is 6.23. The van der Waals surface area contributed by atoms with Crippen molar-refractivity contribution in [2.24, 2.45) is 0 Å². The fourth-order valence-corrected chi connectivity index (χ4v) is 1.38. The summed E-state index contributed by atoms with van der Waals surface area (Å²) in [5, 5.41) is 2.71. The number of ether oxygens (including phenoxy) is 1. The lowest BCUT2D eigenvalue weighted by atomic mass is 10.1. The number of rotatable bonds is 5. The number of benzene rings is 1. The van der Waals surface area contributed by atoms with Crippen LogP contribution in [0.1, 0.15) is 25.0 Å². The number of carbonyl (C=O) groups is 1. The van der Waals surface area contributed by atoms with Crippen molar-refractivity contribution in [3.8, 4) is 0 Å². The average molecular weight is 225 g/mol. The minimum absolute atomic E-state index is 0.0431. The summed E-state index contributed by atoms with van der Waals surface area (Å²) in [6, 6.07) is 6.18. The molecule has 0 spiro atoms. The van der Waals surface area contributed by atoms with Crippen LogP contribution in [-0.2, 0) is 9.53 Å². The quantitative estimate of drug-likeness (QED) is 0.832. The van der Waals surface area contributed by atoms with E-state index in [1.165, 1.54) is 19.2 Å². The number of carbonyl (C=O) groups excluding carboxylic acids is 1. The Balaban J connectivity index is 2.64. The number of amides is 1. The SMILES string of the molecule is CCC(=O)NC[C@@H](OC)c1cccc(F)c1. The highest BCUT2D eigenvalue weighted by molar-refractivity contribution is 5.75. The van der Waals surface area contributed by atoms with Crippen molar-refractivity contribution >= 4 is 5.91 Å². The lowest BCUT2D eigenvalue weighted by Gasteiger charge is -2.16. The zero-order valence-corrected chi connectivity index (χ0v) is 9.50. The van der Waals surface area contributed by atoms with Gasteiger partial charge in [-0.05, 0) is 17.7 Å². The second-order valence-corrected chi connectivity index (χ2v) is 3.44. The molecule has 88 valence electrons. The Morgan fingerprint density at radius 3 is 2.88 bits per heavy atom. The fourth-order valence-electron chi connectivity index (χ4n) is 1.38. The van der Waals surface area contributed by atoms with Crippen LogP contribution < -0.4 is 5.32 Å². The molecular weight excluding hydrogens is 209 g/mol. The van der Waals surface area contributed by atoms with E-state index in [1.54, 1.807) is 19.1 Å². The highest BCUT2D eigenvalue weighted by atomic mass is 19.1. The lowest BCUT2D eigenvalue weighted by Crippen LogP contribution is -2.28. The van der Waals surface area contributed by atoms with Gasteiger partial charge in [0.2, 0.25) is 5.91 Å². The van der Waals surface area contributed by atoms with E-state index in [4.69, 9.17) is 4.74 Å². The highest BCUT2D eigenvalue weighted by Gasteiger charge is 2.11. The molecule has 0 bridgehead atoms. The molecule has 0 aliphatic rings. The monoisotopic (exact) mass is 225 g/mol. The highest BCUT2D eigenvalue weighted by Crippen LogP contribution is 2.16. The van der Waals surface area contributed by atoms with Crippen LogP contribution in [-0.4, -0.2) is 19.6 Å². The molecule has 0 aromatic heterocycles. The lowest BCUT2D eigenvalue weighted by molar-refractivity contribution is -0.121.